The van der Waals surface area contributed by atoms with E-state index >= 15 is 0 Å². The summed E-state index contributed by atoms with van der Waals surface area (Å²) in [4.78, 5) is 23.9. The van der Waals surface area contributed by atoms with Gasteiger partial charge in [-0.05, 0) is 39.7 Å². The number of aromatic carboxylic acids is 1. The van der Waals surface area contributed by atoms with Crippen molar-refractivity contribution in [3.8, 4) is 0 Å². The van der Waals surface area contributed by atoms with Gasteiger partial charge in [-0.15, -0.1) is 0 Å². The van der Waals surface area contributed by atoms with Crippen molar-refractivity contribution in [1.82, 2.24) is 4.90 Å². The minimum atomic E-state index is -0.923. The molecule has 0 amide bonds. The van der Waals surface area contributed by atoms with Gasteiger partial charge in [0.05, 0.1) is 5.56 Å². The minimum Gasteiger partial charge on any atom is -0.478 e. The molecule has 19 heavy (non-hydrogen) atoms. The van der Waals surface area contributed by atoms with Gasteiger partial charge in [0.25, 0.3) is 0 Å². The Bertz CT molecular complexity index is 561. The molecule has 98 valence electrons. The molecule has 4 nitrogen and oxygen atoms in total. The van der Waals surface area contributed by atoms with Crippen LogP contribution in [0.5, 0.6) is 0 Å². The monoisotopic (exact) mass is 321 g/mol. The second-order valence-corrected chi connectivity index (χ2v) is 4.90. The van der Waals surface area contributed by atoms with Gasteiger partial charge in [-0.3, -0.25) is 4.79 Å². The van der Waals surface area contributed by atoms with E-state index in [0.717, 1.165) is 5.56 Å². The third-order valence-corrected chi connectivity index (χ3v) is 3.28. The maximum atomic E-state index is 11.1. The predicted molar refractivity (Wildman–Crippen MR) is 75.0 cm³/mol. The summed E-state index contributed by atoms with van der Waals surface area (Å²) in [5.74, 6) is -0.923. The number of nitrogens with zero attached hydrogens (tertiary/aromatic N) is 1. The molecule has 0 unspecified atom stereocenters. The first-order valence-corrected chi connectivity index (χ1v) is 6.50. The molecule has 1 aliphatic heterocycles. The van der Waals surface area contributed by atoms with E-state index in [1.807, 2.05) is 17.2 Å². The fourth-order valence-electron chi connectivity index (χ4n) is 1.78. The molecule has 0 saturated heterocycles. The van der Waals surface area contributed by atoms with Gasteiger partial charge >= 0.3 is 5.97 Å². The highest BCUT2D eigenvalue weighted by Gasteiger charge is 2.09. The Balaban J connectivity index is 1.98. The van der Waals surface area contributed by atoms with Gasteiger partial charge in [-0.2, -0.15) is 0 Å². The van der Waals surface area contributed by atoms with Gasteiger partial charge in [0.15, 0.2) is 0 Å². The highest BCUT2D eigenvalue weighted by atomic mass is 79.9. The first-order valence-electron chi connectivity index (χ1n) is 5.71. The molecule has 5 heteroatoms. The average molecular weight is 322 g/mol. The summed E-state index contributed by atoms with van der Waals surface area (Å²) in [5.41, 5.74) is 1.96. The van der Waals surface area contributed by atoms with Gasteiger partial charge in [-0.25, -0.2) is 4.79 Å². The van der Waals surface area contributed by atoms with Crippen molar-refractivity contribution in [2.45, 2.75) is 6.54 Å². The van der Waals surface area contributed by atoms with Gasteiger partial charge < -0.3 is 10.0 Å². The fraction of sp³-hybridized carbons (Fsp3) is 0.143. The molecule has 2 rings (SSSR count). The zero-order valence-electron chi connectivity index (χ0n) is 10.0. The first-order chi connectivity index (χ1) is 9.06. The molecule has 1 aliphatic rings. The van der Waals surface area contributed by atoms with Crippen LogP contribution in [0.1, 0.15) is 15.9 Å². The number of carbonyl (C=O) groups excluding carboxylic acids is 1. The van der Waals surface area contributed by atoms with Gasteiger partial charge in [0.1, 0.15) is 0 Å². The summed E-state index contributed by atoms with van der Waals surface area (Å²) in [6.45, 7) is 1.33. The van der Waals surface area contributed by atoms with Crippen LogP contribution in [0, 0.1) is 0 Å². The molecule has 1 aromatic carbocycles. The van der Waals surface area contributed by atoms with Crippen LogP contribution in [-0.4, -0.2) is 27.2 Å². The zero-order chi connectivity index (χ0) is 13.8. The predicted octanol–water partition coefficient (Wildman–Crippen LogP) is 2.56. The van der Waals surface area contributed by atoms with E-state index in [9.17, 15) is 9.59 Å². The summed E-state index contributed by atoms with van der Waals surface area (Å²) in [5, 5.41) is 8.81. The maximum Gasteiger partial charge on any atom is 0.335 e. The normalized spacial score (nSPS) is 14.2. The van der Waals surface area contributed by atoms with Crippen molar-refractivity contribution in [2.24, 2.45) is 0 Å². The second-order valence-electron chi connectivity index (χ2n) is 4.18. The van der Waals surface area contributed by atoms with Gasteiger partial charge in [-0.1, -0.05) is 18.2 Å². The van der Waals surface area contributed by atoms with E-state index in [2.05, 4.69) is 15.9 Å². The van der Waals surface area contributed by atoms with Crippen molar-refractivity contribution < 1.29 is 14.7 Å². The highest BCUT2D eigenvalue weighted by molar-refractivity contribution is 9.18. The smallest absolute Gasteiger partial charge is 0.335 e. The van der Waals surface area contributed by atoms with E-state index in [-0.39, 0.29) is 10.3 Å². The Morgan fingerprint density at radius 3 is 2.42 bits per heavy atom. The quantitative estimate of drug-likeness (QED) is 0.866. The maximum absolute atomic E-state index is 11.1. The topological polar surface area (TPSA) is 57.6 Å². The molecular weight excluding hydrogens is 310 g/mol. The molecule has 0 bridgehead atoms. The van der Waals surface area contributed by atoms with Crippen molar-refractivity contribution in [2.75, 3.05) is 6.54 Å². The van der Waals surface area contributed by atoms with Crippen LogP contribution in [0.15, 0.2) is 48.2 Å². The summed E-state index contributed by atoms with van der Waals surface area (Å²) in [6, 6.07) is 6.78. The lowest BCUT2D eigenvalue weighted by Gasteiger charge is -2.22. The Morgan fingerprint density at radius 1 is 1.26 bits per heavy atom. The average Bonchev–Trinajstić information content (AvgIpc) is 2.40. The van der Waals surface area contributed by atoms with E-state index in [4.69, 9.17) is 5.11 Å². The minimum absolute atomic E-state index is 0.116. The third kappa shape index (κ3) is 3.54. The molecule has 0 radical (unpaired) electrons. The Kier molecular flexibility index (Phi) is 4.16. The zero-order valence-corrected chi connectivity index (χ0v) is 11.6. The molecule has 1 aromatic rings. The number of carbonyl (C=O) groups is 2. The molecule has 0 saturated carbocycles. The van der Waals surface area contributed by atoms with E-state index in [1.54, 1.807) is 30.3 Å². The van der Waals surface area contributed by atoms with Crippen LogP contribution in [0.25, 0.3) is 0 Å². The second kappa shape index (κ2) is 5.84. The number of benzene rings is 1. The van der Waals surface area contributed by atoms with Crippen molar-refractivity contribution in [3.63, 3.8) is 0 Å². The molecule has 0 spiro atoms. The molecule has 0 atom stereocenters. The number of allylic oxidation sites excluding steroid dienone is 2. The Morgan fingerprint density at radius 2 is 1.95 bits per heavy atom. The Labute approximate surface area is 119 Å². The van der Waals surface area contributed by atoms with Crippen molar-refractivity contribution in [3.05, 3.63) is 59.3 Å². The van der Waals surface area contributed by atoms with E-state index in [0.29, 0.717) is 18.7 Å². The van der Waals surface area contributed by atoms with Gasteiger partial charge in [0, 0.05) is 24.9 Å². The van der Waals surface area contributed by atoms with Crippen LogP contribution < -0.4 is 0 Å². The van der Waals surface area contributed by atoms with Crippen LogP contribution >= 0.6 is 15.9 Å². The van der Waals surface area contributed by atoms with Crippen LogP contribution in [0.2, 0.25) is 0 Å². The molecule has 1 heterocycles. The molecule has 0 aliphatic carbocycles. The van der Waals surface area contributed by atoms with Gasteiger partial charge in [0.2, 0.25) is 4.69 Å². The van der Waals surface area contributed by atoms with E-state index in [1.165, 1.54) is 0 Å². The molecule has 1 N–H and O–H groups in total. The fourth-order valence-corrected chi connectivity index (χ4v) is 2.07. The lowest BCUT2D eigenvalue weighted by atomic mass is 10.1. The standard InChI is InChI=1S/C14H12BrNO3/c15-13(17)11-5-7-16(8-6-11)9-10-1-3-12(4-2-10)14(18)19/h1-7H,8-9H2,(H,18,19). The molecular formula is C14H12BrNO3. The summed E-state index contributed by atoms with van der Waals surface area (Å²) >= 11 is 2.91. The van der Waals surface area contributed by atoms with Crippen LogP contribution in [0.3, 0.4) is 0 Å². The third-order valence-electron chi connectivity index (χ3n) is 2.82. The SMILES string of the molecule is O=C(Br)C1=CCN(Cc2ccc(C(=O)O)cc2)C=C1. The first kappa shape index (κ1) is 13.5. The number of hydrogen-bond acceptors (Lipinski definition) is 3. The number of carboxylic acids is 1. The molecule has 0 aromatic heterocycles. The summed E-state index contributed by atoms with van der Waals surface area (Å²) < 4.78 is -0.116. The molecule has 0 fully saturated rings. The number of rotatable bonds is 4. The van der Waals surface area contributed by atoms with Crippen molar-refractivity contribution >= 4 is 26.6 Å². The van der Waals surface area contributed by atoms with E-state index < -0.39 is 5.97 Å². The largest absolute Gasteiger partial charge is 0.478 e. The van der Waals surface area contributed by atoms with Crippen molar-refractivity contribution in [1.29, 1.82) is 0 Å². The number of halogens is 1. The Hall–Kier alpha value is -1.88. The lowest BCUT2D eigenvalue weighted by molar-refractivity contribution is -0.107. The lowest BCUT2D eigenvalue weighted by Crippen LogP contribution is -2.20. The van der Waals surface area contributed by atoms with Crippen LogP contribution in [0.4, 0.5) is 0 Å². The number of hydrogen-bond donors (Lipinski definition) is 1. The summed E-state index contributed by atoms with van der Waals surface area (Å²) in [6.07, 6.45) is 5.47. The summed E-state index contributed by atoms with van der Waals surface area (Å²) in [7, 11) is 0. The van der Waals surface area contributed by atoms with Crippen LogP contribution in [-0.2, 0) is 11.3 Å². The highest BCUT2D eigenvalue weighted by Crippen LogP contribution is 2.14. The number of carboxylic acid groups (broad SMARTS) is 1.